The van der Waals surface area contributed by atoms with E-state index in [1.807, 2.05) is 45.9 Å². The Labute approximate surface area is 219 Å². The molecule has 0 saturated carbocycles. The second kappa shape index (κ2) is 10.8. The van der Waals surface area contributed by atoms with Gasteiger partial charge in [0.15, 0.2) is 0 Å². The van der Waals surface area contributed by atoms with Gasteiger partial charge in [-0.1, -0.05) is 49.6 Å². The minimum Gasteiger partial charge on any atom is -0.497 e. The third kappa shape index (κ3) is 4.75. The highest BCUT2D eigenvalue weighted by Gasteiger charge is 2.47. The molecule has 2 heterocycles. The molecule has 0 aliphatic carbocycles. The molecule has 1 aromatic rings. The maximum atomic E-state index is 13.7. The van der Waals surface area contributed by atoms with E-state index in [1.165, 1.54) is 14.2 Å². The Morgan fingerprint density at radius 1 is 1.00 bits per heavy atom. The second-order valence-corrected chi connectivity index (χ2v) is 11.2. The number of nitrogens with zero attached hydrogens (tertiary/aromatic N) is 1. The van der Waals surface area contributed by atoms with Crippen LogP contribution in [0.4, 0.5) is 5.69 Å². The third-order valence-corrected chi connectivity index (χ3v) is 9.41. The van der Waals surface area contributed by atoms with Crippen molar-refractivity contribution in [1.29, 1.82) is 0 Å². The molecule has 3 rings (SSSR count). The van der Waals surface area contributed by atoms with E-state index in [9.17, 15) is 14.4 Å². The molecule has 188 valence electrons. The van der Waals surface area contributed by atoms with Crippen LogP contribution in [0.2, 0.25) is 0 Å². The molecule has 0 N–H and O–H groups in total. The standard InChI is InChI=1S/C25H29NO6S3/c1-8-13(9-2)21(27)26-16-11-10-14(30-5)12-15(16)17(20(33)25(26,3)4)24-34-18(22(28)31-6)19(35-24)23(29)32-7/h10-13H,8-9H2,1-7H3. The molecule has 0 spiro atoms. The number of hydrogen-bond acceptors (Lipinski definition) is 9. The molecule has 0 aromatic heterocycles. The van der Waals surface area contributed by atoms with Crippen molar-refractivity contribution in [1.82, 2.24) is 0 Å². The average Bonchev–Trinajstić information content (AvgIpc) is 3.29. The molecule has 0 radical (unpaired) electrons. The van der Waals surface area contributed by atoms with Gasteiger partial charge in [-0.2, -0.15) is 0 Å². The zero-order valence-electron chi connectivity index (χ0n) is 20.8. The number of thiocarbonyl (C=S) groups is 1. The van der Waals surface area contributed by atoms with Crippen LogP contribution in [0.15, 0.2) is 32.2 Å². The largest absolute Gasteiger partial charge is 0.497 e. The molecule has 0 fully saturated rings. The van der Waals surface area contributed by atoms with E-state index >= 15 is 0 Å². The van der Waals surface area contributed by atoms with Crippen molar-refractivity contribution in [3.8, 4) is 5.75 Å². The van der Waals surface area contributed by atoms with Crippen molar-refractivity contribution in [2.24, 2.45) is 5.92 Å². The third-order valence-electron chi connectivity index (χ3n) is 6.15. The van der Waals surface area contributed by atoms with Crippen molar-refractivity contribution in [3.05, 3.63) is 37.8 Å². The number of methoxy groups -OCH3 is 3. The van der Waals surface area contributed by atoms with Crippen LogP contribution >= 0.6 is 35.7 Å². The molecule has 7 nitrogen and oxygen atoms in total. The molecule has 10 heteroatoms. The first-order chi connectivity index (χ1) is 16.6. The molecule has 0 bridgehead atoms. The van der Waals surface area contributed by atoms with E-state index in [4.69, 9.17) is 26.4 Å². The van der Waals surface area contributed by atoms with Gasteiger partial charge in [-0.15, -0.1) is 0 Å². The molecular formula is C25H29NO6S3. The Morgan fingerprint density at radius 2 is 1.54 bits per heavy atom. The lowest BCUT2D eigenvalue weighted by molar-refractivity contribution is -0.138. The van der Waals surface area contributed by atoms with E-state index < -0.39 is 17.5 Å². The van der Waals surface area contributed by atoms with Gasteiger partial charge >= 0.3 is 11.9 Å². The van der Waals surface area contributed by atoms with Gasteiger partial charge in [0.2, 0.25) is 5.91 Å². The number of amides is 1. The summed E-state index contributed by atoms with van der Waals surface area (Å²) in [4.78, 5) is 41.2. The summed E-state index contributed by atoms with van der Waals surface area (Å²) in [6, 6.07) is 5.51. The first-order valence-corrected chi connectivity index (χ1v) is 13.2. The summed E-state index contributed by atoms with van der Waals surface area (Å²) in [5, 5.41) is 0. The topological polar surface area (TPSA) is 82.1 Å². The fourth-order valence-corrected chi connectivity index (χ4v) is 7.17. The van der Waals surface area contributed by atoms with Crippen molar-refractivity contribution in [2.75, 3.05) is 26.2 Å². The Morgan fingerprint density at radius 3 is 2.00 bits per heavy atom. The van der Waals surface area contributed by atoms with Gasteiger partial charge in [0.1, 0.15) is 15.6 Å². The zero-order chi connectivity index (χ0) is 26.1. The monoisotopic (exact) mass is 535 g/mol. The number of anilines is 1. The highest BCUT2D eigenvalue weighted by Crippen LogP contribution is 2.56. The molecule has 0 atom stereocenters. The lowest BCUT2D eigenvalue weighted by Gasteiger charge is -2.46. The molecule has 1 aromatic carbocycles. The normalized spacial score (nSPS) is 17.0. The minimum atomic E-state index is -0.834. The number of hydrogen-bond donors (Lipinski definition) is 0. The Balaban J connectivity index is 2.27. The zero-order valence-corrected chi connectivity index (χ0v) is 23.3. The predicted octanol–water partition coefficient (Wildman–Crippen LogP) is 5.33. The highest BCUT2D eigenvalue weighted by atomic mass is 32.2. The fourth-order valence-electron chi connectivity index (χ4n) is 4.14. The number of fused-ring (bicyclic) bond motifs is 1. The second-order valence-electron chi connectivity index (χ2n) is 8.47. The number of ether oxygens (including phenoxy) is 3. The lowest BCUT2D eigenvalue weighted by atomic mass is 9.82. The molecule has 1 amide bonds. The summed E-state index contributed by atoms with van der Waals surface area (Å²) >= 11 is 8.25. The van der Waals surface area contributed by atoms with Crippen molar-refractivity contribution >= 4 is 69.7 Å². The van der Waals surface area contributed by atoms with Crippen LogP contribution in [0.5, 0.6) is 5.75 Å². The smallest absolute Gasteiger partial charge is 0.346 e. The highest BCUT2D eigenvalue weighted by molar-refractivity contribution is 8.29. The first-order valence-electron chi connectivity index (χ1n) is 11.1. The number of benzene rings is 1. The van der Waals surface area contributed by atoms with Gasteiger partial charge in [-0.3, -0.25) is 4.79 Å². The van der Waals surface area contributed by atoms with Crippen molar-refractivity contribution in [3.63, 3.8) is 0 Å². The van der Waals surface area contributed by atoms with Crippen LogP contribution < -0.4 is 9.64 Å². The van der Waals surface area contributed by atoms with E-state index in [1.54, 1.807) is 12.0 Å². The van der Waals surface area contributed by atoms with E-state index in [0.29, 0.717) is 44.5 Å². The van der Waals surface area contributed by atoms with E-state index in [2.05, 4.69) is 0 Å². The van der Waals surface area contributed by atoms with Crippen LogP contribution in [0.3, 0.4) is 0 Å². The summed E-state index contributed by atoms with van der Waals surface area (Å²) in [6.45, 7) is 7.85. The number of esters is 2. The average molecular weight is 536 g/mol. The Kier molecular flexibility index (Phi) is 8.39. The summed E-state index contributed by atoms with van der Waals surface area (Å²) in [6.07, 6.45) is 1.43. The van der Waals surface area contributed by atoms with E-state index in [0.717, 1.165) is 23.5 Å². The van der Waals surface area contributed by atoms with Gasteiger partial charge in [0, 0.05) is 17.1 Å². The van der Waals surface area contributed by atoms with E-state index in [-0.39, 0.29) is 21.6 Å². The van der Waals surface area contributed by atoms with Crippen LogP contribution in [-0.2, 0) is 23.9 Å². The lowest BCUT2D eigenvalue weighted by Crippen LogP contribution is -2.57. The van der Waals surface area contributed by atoms with Gasteiger partial charge in [-0.05, 0) is 44.9 Å². The fraction of sp³-hybridized carbons (Fsp3) is 0.440. The molecule has 0 unspecified atom stereocenters. The van der Waals surface area contributed by atoms with Crippen LogP contribution in [0, 0.1) is 5.92 Å². The molecule has 35 heavy (non-hydrogen) atoms. The summed E-state index contributed by atoms with van der Waals surface area (Å²) in [7, 11) is 4.09. The van der Waals surface area contributed by atoms with Crippen molar-refractivity contribution in [2.45, 2.75) is 46.1 Å². The summed E-state index contributed by atoms with van der Waals surface area (Å²) in [5.74, 6) is -0.795. The number of carbonyl (C=O) groups excluding carboxylic acids is 3. The molecular weight excluding hydrogens is 506 g/mol. The predicted molar refractivity (Wildman–Crippen MR) is 144 cm³/mol. The van der Waals surface area contributed by atoms with Crippen LogP contribution in [-0.4, -0.2) is 49.6 Å². The first kappa shape index (κ1) is 27.3. The van der Waals surface area contributed by atoms with Gasteiger partial charge in [-0.25, -0.2) is 9.59 Å². The van der Waals surface area contributed by atoms with Crippen LogP contribution in [0.1, 0.15) is 46.1 Å². The molecule has 2 aliphatic heterocycles. The van der Waals surface area contributed by atoms with Gasteiger partial charge in [0.05, 0.1) is 41.7 Å². The Hall–Kier alpha value is -2.30. The van der Waals surface area contributed by atoms with Gasteiger partial charge < -0.3 is 19.1 Å². The van der Waals surface area contributed by atoms with Gasteiger partial charge in [0.25, 0.3) is 0 Å². The minimum absolute atomic E-state index is 0.00756. The van der Waals surface area contributed by atoms with Crippen molar-refractivity contribution < 1.29 is 28.6 Å². The summed E-state index contributed by atoms with van der Waals surface area (Å²) in [5.41, 5.74) is 1.26. The quantitative estimate of drug-likeness (QED) is 0.273. The maximum Gasteiger partial charge on any atom is 0.346 e. The summed E-state index contributed by atoms with van der Waals surface area (Å²) < 4.78 is 15.9. The number of carbonyl (C=O) groups is 3. The molecule has 0 saturated heterocycles. The maximum absolute atomic E-state index is 13.7. The number of rotatable bonds is 6. The van der Waals surface area contributed by atoms with Crippen LogP contribution in [0.25, 0.3) is 5.57 Å². The SMILES string of the molecule is CCC(CC)C(=O)N1c2ccc(OC)cc2C(=C2SC(C(=O)OC)=C(C(=O)OC)S2)C(=S)C1(C)C. The Bertz CT molecular complexity index is 1120. The number of thioether (sulfide) groups is 2. The molecule has 2 aliphatic rings.